The predicted molar refractivity (Wildman–Crippen MR) is 80.3 cm³/mol. The maximum absolute atomic E-state index is 4.19. The summed E-state index contributed by atoms with van der Waals surface area (Å²) in [6, 6.07) is 0. The van der Waals surface area contributed by atoms with Gasteiger partial charge in [0.25, 0.3) is 0 Å². The zero-order valence-electron chi connectivity index (χ0n) is 11.7. The Labute approximate surface area is 111 Å². The highest BCUT2D eigenvalue weighted by Gasteiger charge is 1.87. The van der Waals surface area contributed by atoms with E-state index in [1.807, 2.05) is 88.5 Å². The molecule has 0 aromatic rings. The van der Waals surface area contributed by atoms with Crippen molar-refractivity contribution in [1.29, 1.82) is 0 Å². The molecule has 0 heterocycles. The second-order valence-electron chi connectivity index (χ2n) is 3.40. The SMILES string of the molecule is C\C=C/C=C\C(=C/C)\N=N\C(\C=C/C=C\C)=C\C. The molecule has 18 heavy (non-hydrogen) atoms. The van der Waals surface area contributed by atoms with E-state index in [0.717, 1.165) is 11.4 Å². The summed E-state index contributed by atoms with van der Waals surface area (Å²) in [6.45, 7) is 7.84. The minimum absolute atomic E-state index is 0.840. The lowest BCUT2D eigenvalue weighted by atomic mass is 10.3. The van der Waals surface area contributed by atoms with Gasteiger partial charge >= 0.3 is 0 Å². The van der Waals surface area contributed by atoms with Crippen molar-refractivity contribution in [2.45, 2.75) is 27.7 Å². The molecular formula is C16H22N2. The first-order chi connectivity index (χ1) is 8.78. The molecule has 0 fully saturated rings. The van der Waals surface area contributed by atoms with Crippen LogP contribution in [0.1, 0.15) is 27.7 Å². The molecule has 0 radical (unpaired) electrons. The summed E-state index contributed by atoms with van der Waals surface area (Å²) in [5, 5.41) is 8.37. The summed E-state index contributed by atoms with van der Waals surface area (Å²) in [7, 11) is 0. The summed E-state index contributed by atoms with van der Waals surface area (Å²) >= 11 is 0. The van der Waals surface area contributed by atoms with Gasteiger partial charge in [0.05, 0.1) is 11.4 Å². The summed E-state index contributed by atoms with van der Waals surface area (Å²) in [6.07, 6.45) is 19.4. The maximum atomic E-state index is 4.19. The van der Waals surface area contributed by atoms with Gasteiger partial charge in [-0.25, -0.2) is 0 Å². The van der Waals surface area contributed by atoms with Crippen molar-refractivity contribution < 1.29 is 0 Å². The van der Waals surface area contributed by atoms with E-state index < -0.39 is 0 Å². The lowest BCUT2D eigenvalue weighted by Gasteiger charge is -1.92. The summed E-state index contributed by atoms with van der Waals surface area (Å²) < 4.78 is 0. The Morgan fingerprint density at radius 2 is 1.00 bits per heavy atom. The van der Waals surface area contributed by atoms with Crippen LogP contribution in [0.5, 0.6) is 0 Å². The molecule has 0 atom stereocenters. The first-order valence-electron chi connectivity index (χ1n) is 6.11. The van der Waals surface area contributed by atoms with Gasteiger partial charge in [0.15, 0.2) is 0 Å². The molecule has 0 unspecified atom stereocenters. The van der Waals surface area contributed by atoms with Crippen molar-refractivity contribution in [3.05, 3.63) is 72.2 Å². The Morgan fingerprint density at radius 1 is 0.611 bits per heavy atom. The minimum Gasteiger partial charge on any atom is -0.151 e. The van der Waals surface area contributed by atoms with E-state index >= 15 is 0 Å². The number of azo groups is 1. The molecule has 0 aliphatic carbocycles. The van der Waals surface area contributed by atoms with E-state index in [4.69, 9.17) is 0 Å². The number of allylic oxidation sites excluding steroid dienone is 10. The molecule has 2 nitrogen and oxygen atoms in total. The molecule has 96 valence electrons. The topological polar surface area (TPSA) is 24.7 Å². The van der Waals surface area contributed by atoms with E-state index in [0.29, 0.717) is 0 Å². The van der Waals surface area contributed by atoms with Gasteiger partial charge in [-0.05, 0) is 39.8 Å². The highest BCUT2D eigenvalue weighted by molar-refractivity contribution is 5.23. The molecule has 2 heteroatoms. The number of nitrogens with zero attached hydrogens (tertiary/aromatic N) is 2. The van der Waals surface area contributed by atoms with E-state index in [1.165, 1.54) is 0 Å². The molecule has 0 amide bonds. The molecule has 0 rings (SSSR count). The molecule has 0 saturated carbocycles. The monoisotopic (exact) mass is 242 g/mol. The Bertz CT molecular complexity index is 376. The molecule has 0 aliphatic rings. The normalized spacial score (nSPS) is 15.3. The van der Waals surface area contributed by atoms with Crippen molar-refractivity contribution in [3.63, 3.8) is 0 Å². The van der Waals surface area contributed by atoms with Crippen LogP contribution in [-0.4, -0.2) is 0 Å². The summed E-state index contributed by atoms with van der Waals surface area (Å²) in [5.41, 5.74) is 1.68. The van der Waals surface area contributed by atoms with Gasteiger partial charge in [0, 0.05) is 0 Å². The van der Waals surface area contributed by atoms with Crippen LogP contribution in [0, 0.1) is 0 Å². The van der Waals surface area contributed by atoms with Gasteiger partial charge in [0.2, 0.25) is 0 Å². The van der Waals surface area contributed by atoms with E-state index in [9.17, 15) is 0 Å². The quantitative estimate of drug-likeness (QED) is 0.433. The first-order valence-corrected chi connectivity index (χ1v) is 6.11. The zero-order chi connectivity index (χ0) is 13.6. The first kappa shape index (κ1) is 16.0. The largest absolute Gasteiger partial charge is 0.151 e. The van der Waals surface area contributed by atoms with Crippen LogP contribution in [0.15, 0.2) is 82.4 Å². The van der Waals surface area contributed by atoms with Crippen molar-refractivity contribution in [3.8, 4) is 0 Å². The van der Waals surface area contributed by atoms with E-state index in [1.54, 1.807) is 0 Å². The van der Waals surface area contributed by atoms with Crippen molar-refractivity contribution in [2.75, 3.05) is 0 Å². The van der Waals surface area contributed by atoms with Gasteiger partial charge in [-0.3, -0.25) is 0 Å². The zero-order valence-corrected chi connectivity index (χ0v) is 11.7. The molecule has 0 N–H and O–H groups in total. The van der Waals surface area contributed by atoms with E-state index in [-0.39, 0.29) is 0 Å². The molecule has 0 aliphatic heterocycles. The molecule has 0 spiro atoms. The van der Waals surface area contributed by atoms with Crippen molar-refractivity contribution in [1.82, 2.24) is 0 Å². The van der Waals surface area contributed by atoms with Crippen LogP contribution < -0.4 is 0 Å². The van der Waals surface area contributed by atoms with Crippen LogP contribution in [0.3, 0.4) is 0 Å². The Hall–Kier alpha value is -1.96. The fourth-order valence-electron chi connectivity index (χ4n) is 1.02. The van der Waals surface area contributed by atoms with Crippen molar-refractivity contribution >= 4 is 0 Å². The van der Waals surface area contributed by atoms with Gasteiger partial charge in [-0.15, -0.1) is 0 Å². The lowest BCUT2D eigenvalue weighted by Crippen LogP contribution is -1.73. The Balaban J connectivity index is 4.67. The smallest absolute Gasteiger partial charge is 0.0814 e. The minimum atomic E-state index is 0.840. The third kappa shape index (κ3) is 8.22. The van der Waals surface area contributed by atoms with Crippen LogP contribution in [0.25, 0.3) is 0 Å². The van der Waals surface area contributed by atoms with Gasteiger partial charge in [-0.2, -0.15) is 10.2 Å². The number of hydrogen-bond donors (Lipinski definition) is 0. The van der Waals surface area contributed by atoms with Gasteiger partial charge in [-0.1, -0.05) is 48.6 Å². The van der Waals surface area contributed by atoms with Crippen LogP contribution >= 0.6 is 0 Å². The third-order valence-corrected chi connectivity index (χ3v) is 2.01. The molecule has 0 saturated heterocycles. The maximum Gasteiger partial charge on any atom is 0.0814 e. The average Bonchev–Trinajstić information content (AvgIpc) is 2.40. The highest BCUT2D eigenvalue weighted by Crippen LogP contribution is 2.06. The Morgan fingerprint density at radius 3 is 1.28 bits per heavy atom. The molecule has 0 aromatic heterocycles. The summed E-state index contributed by atoms with van der Waals surface area (Å²) in [4.78, 5) is 0. The van der Waals surface area contributed by atoms with Crippen LogP contribution in [0.4, 0.5) is 0 Å². The van der Waals surface area contributed by atoms with Gasteiger partial charge < -0.3 is 0 Å². The predicted octanol–water partition coefficient (Wildman–Crippen LogP) is 5.51. The molecule has 0 aromatic carbocycles. The molecular weight excluding hydrogens is 220 g/mol. The average molecular weight is 242 g/mol. The fourth-order valence-corrected chi connectivity index (χ4v) is 1.02. The Kier molecular flexibility index (Phi) is 10.3. The van der Waals surface area contributed by atoms with Crippen LogP contribution in [0.2, 0.25) is 0 Å². The number of rotatable bonds is 6. The fraction of sp³-hybridized carbons (Fsp3) is 0.250. The van der Waals surface area contributed by atoms with Gasteiger partial charge in [0.1, 0.15) is 0 Å². The van der Waals surface area contributed by atoms with E-state index in [2.05, 4.69) is 10.2 Å². The second kappa shape index (κ2) is 11.5. The highest BCUT2D eigenvalue weighted by atomic mass is 15.1. The number of hydrogen-bond acceptors (Lipinski definition) is 2. The van der Waals surface area contributed by atoms with Crippen molar-refractivity contribution in [2.24, 2.45) is 10.2 Å². The molecule has 0 bridgehead atoms. The second-order valence-corrected chi connectivity index (χ2v) is 3.40. The van der Waals surface area contributed by atoms with Crippen LogP contribution in [-0.2, 0) is 0 Å². The summed E-state index contributed by atoms with van der Waals surface area (Å²) in [5.74, 6) is 0. The third-order valence-electron chi connectivity index (χ3n) is 2.01. The lowest BCUT2D eigenvalue weighted by molar-refractivity contribution is 1.11. The standard InChI is InChI=1S/C16H22N2/c1-5-9-11-13-15(7-3)17-18-16(8-4)14-12-10-6-2/h5-14H,1-4H3/b9-5-,10-6-,13-11-,14-12-,15-7+,16-8+,18-17+.